The topological polar surface area (TPSA) is 102 Å². The highest BCUT2D eigenvalue weighted by molar-refractivity contribution is 7.90. The second-order valence-electron chi connectivity index (χ2n) is 5.18. The quantitative estimate of drug-likeness (QED) is 0.749. The molecule has 0 unspecified atom stereocenters. The van der Waals surface area contributed by atoms with Crippen molar-refractivity contribution in [3.05, 3.63) is 59.1 Å². The van der Waals surface area contributed by atoms with Crippen LogP contribution in [0, 0.1) is 0 Å². The van der Waals surface area contributed by atoms with E-state index in [1.54, 1.807) is 24.3 Å². The lowest BCUT2D eigenvalue weighted by molar-refractivity contribution is 0.102. The fraction of sp³-hybridized carbons (Fsp3) is 0.0625. The van der Waals surface area contributed by atoms with Crippen LogP contribution in [0.4, 0.5) is 6.01 Å². The molecular formula is C16H12ClN3O4S. The standard InChI is InChI=1S/C16H12ClN3O4S/c1-25(22,23)13-7-3-4-10(9-13)14(21)18-16-20-19-15(24-16)11-5-2-6-12(17)8-11/h2-9H,1H3,(H,18,20,21). The largest absolute Gasteiger partial charge is 0.403 e. The number of nitrogens with zero attached hydrogens (tertiary/aromatic N) is 2. The average Bonchev–Trinajstić information content (AvgIpc) is 3.03. The summed E-state index contributed by atoms with van der Waals surface area (Å²) in [5, 5.41) is 10.5. The van der Waals surface area contributed by atoms with E-state index in [0.717, 1.165) is 6.26 Å². The van der Waals surface area contributed by atoms with E-state index in [2.05, 4.69) is 15.5 Å². The van der Waals surface area contributed by atoms with E-state index in [9.17, 15) is 13.2 Å². The van der Waals surface area contributed by atoms with Gasteiger partial charge in [0.1, 0.15) is 0 Å². The normalized spacial score (nSPS) is 11.3. The molecule has 0 spiro atoms. The van der Waals surface area contributed by atoms with Crippen LogP contribution in [0.3, 0.4) is 0 Å². The van der Waals surface area contributed by atoms with Gasteiger partial charge in [-0.1, -0.05) is 28.8 Å². The fourth-order valence-electron chi connectivity index (χ4n) is 2.05. The minimum Gasteiger partial charge on any atom is -0.403 e. The Hall–Kier alpha value is -2.71. The van der Waals surface area contributed by atoms with Crippen molar-refractivity contribution in [3.8, 4) is 11.5 Å². The first-order valence-corrected chi connectivity index (χ1v) is 9.31. The van der Waals surface area contributed by atoms with E-state index < -0.39 is 15.7 Å². The van der Waals surface area contributed by atoms with Gasteiger partial charge < -0.3 is 4.42 Å². The third-order valence-corrected chi connectivity index (χ3v) is 4.59. The van der Waals surface area contributed by atoms with Gasteiger partial charge in [0.2, 0.25) is 5.89 Å². The summed E-state index contributed by atoms with van der Waals surface area (Å²) in [5.41, 5.74) is 0.769. The summed E-state index contributed by atoms with van der Waals surface area (Å²) in [6.07, 6.45) is 1.07. The van der Waals surface area contributed by atoms with E-state index in [-0.39, 0.29) is 22.4 Å². The number of halogens is 1. The first-order valence-electron chi connectivity index (χ1n) is 7.04. The summed E-state index contributed by atoms with van der Waals surface area (Å²) >= 11 is 5.91. The summed E-state index contributed by atoms with van der Waals surface area (Å²) in [5.74, 6) is -0.366. The monoisotopic (exact) mass is 377 g/mol. The molecule has 1 heterocycles. The van der Waals surface area contributed by atoms with Gasteiger partial charge in [-0.3, -0.25) is 10.1 Å². The second kappa shape index (κ2) is 6.66. The maximum atomic E-state index is 12.2. The van der Waals surface area contributed by atoms with Gasteiger partial charge in [0.05, 0.1) is 4.90 Å². The second-order valence-corrected chi connectivity index (χ2v) is 7.63. The van der Waals surface area contributed by atoms with Gasteiger partial charge in [0, 0.05) is 22.4 Å². The number of carbonyl (C=O) groups excluding carboxylic acids is 1. The highest BCUT2D eigenvalue weighted by atomic mass is 35.5. The number of benzene rings is 2. The lowest BCUT2D eigenvalue weighted by Gasteiger charge is -2.03. The minimum atomic E-state index is -3.41. The lowest BCUT2D eigenvalue weighted by Crippen LogP contribution is -2.13. The van der Waals surface area contributed by atoms with Crippen molar-refractivity contribution in [3.63, 3.8) is 0 Å². The van der Waals surface area contributed by atoms with E-state index >= 15 is 0 Å². The summed E-state index contributed by atoms with van der Waals surface area (Å²) in [6.45, 7) is 0. The zero-order valence-electron chi connectivity index (χ0n) is 12.9. The molecule has 25 heavy (non-hydrogen) atoms. The predicted molar refractivity (Wildman–Crippen MR) is 92.2 cm³/mol. The maximum absolute atomic E-state index is 12.2. The molecule has 0 aliphatic heterocycles. The number of sulfone groups is 1. The van der Waals surface area contributed by atoms with Crippen molar-refractivity contribution >= 4 is 33.4 Å². The van der Waals surface area contributed by atoms with Crippen LogP contribution in [0.1, 0.15) is 10.4 Å². The van der Waals surface area contributed by atoms with Crippen LogP contribution >= 0.6 is 11.6 Å². The van der Waals surface area contributed by atoms with E-state index in [0.29, 0.717) is 10.6 Å². The summed E-state index contributed by atoms with van der Waals surface area (Å²) in [6, 6.07) is 12.4. The molecule has 3 aromatic rings. The Labute approximate surface area is 148 Å². The Bertz CT molecular complexity index is 1050. The highest BCUT2D eigenvalue weighted by Crippen LogP contribution is 2.23. The number of nitrogens with one attached hydrogen (secondary N) is 1. The molecule has 9 heteroatoms. The van der Waals surface area contributed by atoms with Crippen molar-refractivity contribution in [1.29, 1.82) is 0 Å². The zero-order chi connectivity index (χ0) is 18.0. The van der Waals surface area contributed by atoms with Gasteiger partial charge in [-0.15, -0.1) is 5.10 Å². The smallest absolute Gasteiger partial charge is 0.322 e. The number of amides is 1. The Balaban J connectivity index is 1.81. The third kappa shape index (κ3) is 4.04. The molecule has 0 aliphatic carbocycles. The molecule has 0 saturated carbocycles. The van der Waals surface area contributed by atoms with Crippen LogP contribution in [0.25, 0.3) is 11.5 Å². The minimum absolute atomic E-state index is 0.0466. The van der Waals surface area contributed by atoms with Gasteiger partial charge in [0.15, 0.2) is 9.84 Å². The molecule has 1 amide bonds. The van der Waals surface area contributed by atoms with Gasteiger partial charge in [-0.25, -0.2) is 8.42 Å². The van der Waals surface area contributed by atoms with Crippen molar-refractivity contribution in [2.24, 2.45) is 0 Å². The molecule has 0 aliphatic rings. The van der Waals surface area contributed by atoms with Crippen molar-refractivity contribution < 1.29 is 17.6 Å². The predicted octanol–water partition coefficient (Wildman–Crippen LogP) is 3.05. The van der Waals surface area contributed by atoms with E-state index in [4.69, 9.17) is 16.0 Å². The molecule has 1 aromatic heterocycles. The summed E-state index contributed by atoms with van der Waals surface area (Å²) in [4.78, 5) is 12.3. The van der Waals surface area contributed by atoms with Gasteiger partial charge >= 0.3 is 6.01 Å². The molecule has 0 saturated heterocycles. The van der Waals surface area contributed by atoms with Crippen LogP contribution in [-0.4, -0.2) is 30.8 Å². The summed E-state index contributed by atoms with van der Waals surface area (Å²) in [7, 11) is -3.41. The van der Waals surface area contributed by atoms with Crippen molar-refractivity contribution in [1.82, 2.24) is 10.2 Å². The number of carbonyl (C=O) groups is 1. The van der Waals surface area contributed by atoms with Gasteiger partial charge in [0.25, 0.3) is 5.91 Å². The molecule has 0 bridgehead atoms. The number of anilines is 1. The average molecular weight is 378 g/mol. The molecule has 2 aromatic carbocycles. The number of hydrogen-bond donors (Lipinski definition) is 1. The first-order chi connectivity index (χ1) is 11.8. The lowest BCUT2D eigenvalue weighted by atomic mass is 10.2. The van der Waals surface area contributed by atoms with Crippen LogP contribution in [0.2, 0.25) is 5.02 Å². The number of hydrogen-bond acceptors (Lipinski definition) is 6. The van der Waals surface area contributed by atoms with Crippen LogP contribution < -0.4 is 5.32 Å². The van der Waals surface area contributed by atoms with E-state index in [1.165, 1.54) is 24.3 Å². The van der Waals surface area contributed by atoms with E-state index in [1.807, 2.05) is 0 Å². The molecule has 128 valence electrons. The zero-order valence-corrected chi connectivity index (χ0v) is 14.5. The Morgan fingerprint density at radius 3 is 2.60 bits per heavy atom. The highest BCUT2D eigenvalue weighted by Gasteiger charge is 2.15. The fourth-order valence-corrected chi connectivity index (χ4v) is 2.91. The number of aromatic nitrogens is 2. The number of rotatable bonds is 4. The molecular weight excluding hydrogens is 366 g/mol. The third-order valence-electron chi connectivity index (χ3n) is 3.24. The molecule has 7 nitrogen and oxygen atoms in total. The molecule has 0 radical (unpaired) electrons. The van der Waals surface area contributed by atoms with Crippen LogP contribution in [0.15, 0.2) is 57.8 Å². The molecule has 0 fully saturated rings. The Morgan fingerprint density at radius 2 is 1.88 bits per heavy atom. The first kappa shape index (κ1) is 17.1. The summed E-state index contributed by atoms with van der Waals surface area (Å²) < 4.78 is 28.5. The molecule has 3 rings (SSSR count). The van der Waals surface area contributed by atoms with Crippen molar-refractivity contribution in [2.75, 3.05) is 11.6 Å². The Morgan fingerprint density at radius 1 is 1.12 bits per heavy atom. The van der Waals surface area contributed by atoms with Gasteiger partial charge in [-0.05, 0) is 36.4 Å². The maximum Gasteiger partial charge on any atom is 0.322 e. The Kier molecular flexibility index (Phi) is 4.56. The molecule has 1 N–H and O–H groups in total. The molecule has 0 atom stereocenters. The SMILES string of the molecule is CS(=O)(=O)c1cccc(C(=O)Nc2nnc(-c3cccc(Cl)c3)o2)c1. The van der Waals surface area contributed by atoms with Crippen LogP contribution in [-0.2, 0) is 9.84 Å². The van der Waals surface area contributed by atoms with Crippen LogP contribution in [0.5, 0.6) is 0 Å². The van der Waals surface area contributed by atoms with Gasteiger partial charge in [-0.2, -0.15) is 0 Å². The van der Waals surface area contributed by atoms with Crippen molar-refractivity contribution in [2.45, 2.75) is 4.90 Å².